The van der Waals surface area contributed by atoms with E-state index in [-0.39, 0.29) is 5.41 Å². The average Bonchev–Trinajstić information content (AvgIpc) is 3.28. The van der Waals surface area contributed by atoms with Gasteiger partial charge in [-0.1, -0.05) is 129 Å². The predicted octanol–water partition coefficient (Wildman–Crippen LogP) is 10.0. The van der Waals surface area contributed by atoms with E-state index in [0.717, 1.165) is 54.5 Å². The van der Waals surface area contributed by atoms with Gasteiger partial charge in [0.1, 0.15) is 0 Å². The molecular formula is C38H40N2. The number of aliphatic imine (C=N–C) groups is 1. The summed E-state index contributed by atoms with van der Waals surface area (Å²) in [6.45, 7) is 6.09. The monoisotopic (exact) mass is 524 g/mol. The minimum absolute atomic E-state index is 0.0181. The van der Waals surface area contributed by atoms with Crippen molar-refractivity contribution >= 4 is 17.1 Å². The fourth-order valence-electron chi connectivity index (χ4n) is 6.12. The summed E-state index contributed by atoms with van der Waals surface area (Å²) in [5, 5.41) is 8.95. The van der Waals surface area contributed by atoms with Gasteiger partial charge in [-0.25, -0.2) is 4.99 Å². The maximum atomic E-state index is 8.95. The van der Waals surface area contributed by atoms with Gasteiger partial charge in [0, 0.05) is 11.0 Å². The molecule has 0 bridgehead atoms. The van der Waals surface area contributed by atoms with Crippen LogP contribution in [-0.2, 0) is 5.41 Å². The van der Waals surface area contributed by atoms with Crippen LogP contribution < -0.4 is 0 Å². The first-order chi connectivity index (χ1) is 19.6. The van der Waals surface area contributed by atoms with Crippen molar-refractivity contribution in [3.63, 3.8) is 0 Å². The largest absolute Gasteiger partial charge is 0.282 e. The van der Waals surface area contributed by atoms with E-state index >= 15 is 0 Å². The Labute approximate surface area is 240 Å². The highest BCUT2D eigenvalue weighted by Crippen LogP contribution is 2.46. The van der Waals surface area contributed by atoms with Gasteiger partial charge in [0.2, 0.25) is 0 Å². The van der Waals surface area contributed by atoms with E-state index in [1.807, 2.05) is 12.1 Å². The van der Waals surface area contributed by atoms with Gasteiger partial charge in [0.15, 0.2) is 5.84 Å². The lowest BCUT2D eigenvalue weighted by Gasteiger charge is -2.39. The molecule has 3 aliphatic carbocycles. The molecule has 3 aliphatic rings. The van der Waals surface area contributed by atoms with Crippen molar-refractivity contribution in [2.75, 3.05) is 0 Å². The number of nitrogens with zero attached hydrogens (tertiary/aromatic N) is 1. The van der Waals surface area contributed by atoms with Crippen LogP contribution >= 0.6 is 0 Å². The summed E-state index contributed by atoms with van der Waals surface area (Å²) < 4.78 is 0. The smallest absolute Gasteiger partial charge is 0.152 e. The van der Waals surface area contributed by atoms with Gasteiger partial charge in [0.05, 0.1) is 5.71 Å². The normalized spacial score (nSPS) is 19.3. The van der Waals surface area contributed by atoms with Crippen molar-refractivity contribution in [1.29, 1.82) is 5.41 Å². The van der Waals surface area contributed by atoms with Crippen molar-refractivity contribution in [2.45, 2.75) is 63.7 Å². The Morgan fingerprint density at radius 1 is 0.875 bits per heavy atom. The predicted molar refractivity (Wildman–Crippen MR) is 172 cm³/mol. The molecule has 0 aliphatic heterocycles. The molecule has 0 heterocycles. The highest BCUT2D eigenvalue weighted by atomic mass is 14.8. The second-order valence-corrected chi connectivity index (χ2v) is 11.1. The summed E-state index contributed by atoms with van der Waals surface area (Å²) >= 11 is 0. The third kappa shape index (κ3) is 6.23. The standard InChI is InChI=1S/C38H40N2/c1-3-30-14-13-19-34(23-20-30)38(26-11-6-12-27-38)35-24-21-33(22-25-35)37(39)40-36(32-17-9-5-10-18-32)28-29(2)31-15-7-4-8-16-31/h3-4,7-9,13,15-25,28,39H,1,5-6,10-12,14,26-27H2,2H3/b29-28+,39-37?,40-36?. The molecule has 0 spiro atoms. The fourth-order valence-corrected chi connectivity index (χ4v) is 6.12. The molecule has 0 saturated heterocycles. The fraction of sp³-hybridized carbons (Fsp3) is 0.263. The first kappa shape index (κ1) is 27.5. The van der Waals surface area contributed by atoms with Crippen molar-refractivity contribution in [1.82, 2.24) is 0 Å². The number of benzene rings is 2. The first-order valence-electron chi connectivity index (χ1n) is 14.7. The van der Waals surface area contributed by atoms with Gasteiger partial charge in [-0.15, -0.1) is 0 Å². The molecule has 1 N–H and O–H groups in total. The second-order valence-electron chi connectivity index (χ2n) is 11.1. The lowest BCUT2D eigenvalue weighted by atomic mass is 9.64. The van der Waals surface area contributed by atoms with E-state index in [4.69, 9.17) is 10.4 Å². The maximum absolute atomic E-state index is 8.95. The summed E-state index contributed by atoms with van der Waals surface area (Å²) in [7, 11) is 0. The van der Waals surface area contributed by atoms with E-state index in [2.05, 4.69) is 111 Å². The minimum Gasteiger partial charge on any atom is -0.282 e. The van der Waals surface area contributed by atoms with Crippen LogP contribution in [0.4, 0.5) is 0 Å². The molecule has 2 heteroatoms. The van der Waals surface area contributed by atoms with E-state index in [1.54, 1.807) is 0 Å². The van der Waals surface area contributed by atoms with Crippen LogP contribution in [0.1, 0.15) is 75.0 Å². The van der Waals surface area contributed by atoms with Crippen LogP contribution in [0, 0.1) is 5.41 Å². The van der Waals surface area contributed by atoms with Gasteiger partial charge in [-0.3, -0.25) is 5.41 Å². The summed E-state index contributed by atoms with van der Waals surface area (Å²) in [5.74, 6) is 0.295. The van der Waals surface area contributed by atoms with E-state index in [9.17, 15) is 0 Å². The molecule has 2 aromatic carbocycles. The van der Waals surface area contributed by atoms with Crippen LogP contribution in [0.25, 0.3) is 5.57 Å². The Balaban J connectivity index is 1.46. The molecule has 2 aromatic rings. The average molecular weight is 525 g/mol. The van der Waals surface area contributed by atoms with E-state index < -0.39 is 0 Å². The van der Waals surface area contributed by atoms with Crippen LogP contribution in [0.3, 0.4) is 0 Å². The molecule has 5 rings (SSSR count). The minimum atomic E-state index is 0.0181. The van der Waals surface area contributed by atoms with Gasteiger partial charge >= 0.3 is 0 Å². The Morgan fingerprint density at radius 2 is 1.65 bits per heavy atom. The second kappa shape index (κ2) is 12.9. The molecule has 0 aromatic heterocycles. The summed E-state index contributed by atoms with van der Waals surface area (Å²) in [6, 6.07) is 19.1. The zero-order chi connectivity index (χ0) is 27.8. The molecule has 0 radical (unpaired) electrons. The molecule has 0 amide bonds. The highest BCUT2D eigenvalue weighted by molar-refractivity contribution is 6.19. The van der Waals surface area contributed by atoms with Crippen molar-refractivity contribution in [3.05, 3.63) is 149 Å². The van der Waals surface area contributed by atoms with Crippen molar-refractivity contribution < 1.29 is 0 Å². The lowest BCUT2D eigenvalue weighted by molar-refractivity contribution is 0.345. The Hall–Kier alpha value is -4.04. The summed E-state index contributed by atoms with van der Waals surface area (Å²) in [4.78, 5) is 4.88. The highest BCUT2D eigenvalue weighted by Gasteiger charge is 2.36. The zero-order valence-electron chi connectivity index (χ0n) is 23.7. The van der Waals surface area contributed by atoms with Crippen molar-refractivity contribution in [2.24, 2.45) is 4.99 Å². The number of hydrogen-bond acceptors (Lipinski definition) is 1. The number of rotatable bonds is 7. The number of allylic oxidation sites excluding steroid dienone is 13. The SMILES string of the molecule is C=CC1=CC=C(C2(c3ccc(C(=N)N=C(/C=C(\C)c4ccccc4)C4=CCCC=C4)cc3)CCCCC2)C=CC1. The number of hydrogen-bond donors (Lipinski definition) is 1. The Morgan fingerprint density at radius 3 is 2.35 bits per heavy atom. The van der Waals surface area contributed by atoms with Crippen LogP contribution in [0.5, 0.6) is 0 Å². The van der Waals surface area contributed by atoms with Crippen LogP contribution in [-0.4, -0.2) is 11.5 Å². The quantitative estimate of drug-likeness (QED) is 0.276. The maximum Gasteiger partial charge on any atom is 0.152 e. The molecule has 40 heavy (non-hydrogen) atoms. The van der Waals surface area contributed by atoms with E-state index in [0.29, 0.717) is 5.84 Å². The van der Waals surface area contributed by atoms with Gasteiger partial charge in [-0.05, 0) is 78.5 Å². The van der Waals surface area contributed by atoms with Gasteiger partial charge in [0.25, 0.3) is 0 Å². The molecule has 2 nitrogen and oxygen atoms in total. The first-order valence-corrected chi connectivity index (χ1v) is 14.7. The van der Waals surface area contributed by atoms with E-state index in [1.165, 1.54) is 41.5 Å². The molecule has 0 atom stereocenters. The summed E-state index contributed by atoms with van der Waals surface area (Å²) in [6.07, 6.45) is 28.9. The molecule has 1 saturated carbocycles. The van der Waals surface area contributed by atoms with Crippen molar-refractivity contribution in [3.8, 4) is 0 Å². The van der Waals surface area contributed by atoms with Crippen LogP contribution in [0.2, 0.25) is 0 Å². The Bertz CT molecular complexity index is 1450. The third-order valence-electron chi connectivity index (χ3n) is 8.47. The molecule has 1 fully saturated rings. The third-order valence-corrected chi connectivity index (χ3v) is 8.47. The van der Waals surface area contributed by atoms with Crippen LogP contribution in [0.15, 0.2) is 138 Å². The molecule has 202 valence electrons. The molecule has 0 unspecified atom stereocenters. The molecular weight excluding hydrogens is 484 g/mol. The Kier molecular flexibility index (Phi) is 8.86. The number of amidine groups is 1. The topological polar surface area (TPSA) is 36.2 Å². The van der Waals surface area contributed by atoms with Gasteiger partial charge < -0.3 is 0 Å². The summed E-state index contributed by atoms with van der Waals surface area (Å²) in [5.41, 5.74) is 9.09. The van der Waals surface area contributed by atoms with Gasteiger partial charge in [-0.2, -0.15) is 0 Å². The number of nitrogens with one attached hydrogen (secondary N) is 1. The zero-order valence-corrected chi connectivity index (χ0v) is 23.7. The lowest BCUT2D eigenvalue weighted by Crippen LogP contribution is -2.31.